The highest BCUT2D eigenvalue weighted by atomic mass is 79.9. The van der Waals surface area contributed by atoms with Gasteiger partial charge in [0, 0.05) is 21.1 Å². The van der Waals surface area contributed by atoms with E-state index in [1.807, 2.05) is 6.07 Å². The smallest absolute Gasteiger partial charge is 0.331 e. The van der Waals surface area contributed by atoms with Crippen LogP contribution in [0, 0.1) is 0 Å². The van der Waals surface area contributed by atoms with Gasteiger partial charge in [0.15, 0.2) is 12.4 Å². The van der Waals surface area contributed by atoms with Crippen molar-refractivity contribution in [2.24, 2.45) is 0 Å². The Morgan fingerprint density at radius 3 is 2.45 bits per heavy atom. The molecule has 0 unspecified atom stereocenters. The maximum absolute atomic E-state index is 11.9. The summed E-state index contributed by atoms with van der Waals surface area (Å²) in [7, 11) is 0. The van der Waals surface area contributed by atoms with Crippen LogP contribution in [0.5, 0.6) is 0 Å². The van der Waals surface area contributed by atoms with Crippen LogP contribution in [0.2, 0.25) is 5.02 Å². The Balaban J connectivity index is 1.89. The second kappa shape index (κ2) is 7.92. The molecule has 0 amide bonds. The van der Waals surface area contributed by atoms with Gasteiger partial charge in [0.2, 0.25) is 0 Å². The van der Waals surface area contributed by atoms with Gasteiger partial charge in [-0.1, -0.05) is 57.9 Å². The number of esters is 1. The monoisotopic (exact) mass is 378 g/mol. The van der Waals surface area contributed by atoms with Crippen molar-refractivity contribution in [1.29, 1.82) is 0 Å². The van der Waals surface area contributed by atoms with Gasteiger partial charge < -0.3 is 4.74 Å². The molecule has 0 aromatic heterocycles. The summed E-state index contributed by atoms with van der Waals surface area (Å²) >= 11 is 9.26. The molecule has 22 heavy (non-hydrogen) atoms. The van der Waals surface area contributed by atoms with Crippen molar-refractivity contribution in [1.82, 2.24) is 0 Å². The quantitative estimate of drug-likeness (QED) is 0.435. The molecule has 0 atom stereocenters. The third kappa shape index (κ3) is 4.83. The average Bonchev–Trinajstić information content (AvgIpc) is 2.52. The maximum atomic E-state index is 11.9. The molecule has 5 heteroatoms. The highest BCUT2D eigenvalue weighted by Crippen LogP contribution is 2.16. The van der Waals surface area contributed by atoms with Gasteiger partial charge in [-0.3, -0.25) is 4.79 Å². The molecule has 0 fully saturated rings. The molecular formula is C17H12BrClO3. The molecular weight excluding hydrogens is 368 g/mol. The molecule has 0 N–H and O–H groups in total. The van der Waals surface area contributed by atoms with Gasteiger partial charge in [0.25, 0.3) is 0 Å². The minimum absolute atomic E-state index is 0.257. The first-order chi connectivity index (χ1) is 10.6. The lowest BCUT2D eigenvalue weighted by Gasteiger charge is -2.02. The number of halogens is 2. The van der Waals surface area contributed by atoms with E-state index in [9.17, 15) is 9.59 Å². The lowest BCUT2D eigenvalue weighted by molar-refractivity contribution is -0.136. The van der Waals surface area contributed by atoms with Crippen LogP contribution in [0.4, 0.5) is 0 Å². The van der Waals surface area contributed by atoms with E-state index in [0.717, 1.165) is 4.47 Å². The topological polar surface area (TPSA) is 43.4 Å². The van der Waals surface area contributed by atoms with Gasteiger partial charge >= 0.3 is 5.97 Å². The predicted molar refractivity (Wildman–Crippen MR) is 89.9 cm³/mol. The van der Waals surface area contributed by atoms with E-state index in [1.54, 1.807) is 48.5 Å². The second-order valence-electron chi connectivity index (χ2n) is 4.39. The van der Waals surface area contributed by atoms with Crippen molar-refractivity contribution in [3.8, 4) is 0 Å². The second-order valence-corrected chi connectivity index (χ2v) is 5.72. The SMILES string of the molecule is O=C(/C=C/c1ccccc1Cl)OCC(=O)c1ccc(Br)cc1. The number of hydrogen-bond donors (Lipinski definition) is 0. The zero-order valence-electron chi connectivity index (χ0n) is 11.5. The van der Waals surface area contributed by atoms with Gasteiger partial charge in [0.1, 0.15) is 0 Å². The molecule has 0 heterocycles. The third-order valence-electron chi connectivity index (χ3n) is 2.82. The summed E-state index contributed by atoms with van der Waals surface area (Å²) in [5, 5.41) is 0.539. The average molecular weight is 380 g/mol. The molecule has 0 spiro atoms. The first-order valence-electron chi connectivity index (χ1n) is 6.44. The van der Waals surface area contributed by atoms with Crippen LogP contribution in [-0.4, -0.2) is 18.4 Å². The number of Topliss-reactive ketones (excluding diaryl/α,β-unsaturated/α-hetero) is 1. The normalized spacial score (nSPS) is 10.6. The number of hydrogen-bond acceptors (Lipinski definition) is 3. The Kier molecular flexibility index (Phi) is 5.92. The van der Waals surface area contributed by atoms with Crippen molar-refractivity contribution in [3.63, 3.8) is 0 Å². The van der Waals surface area contributed by atoms with Gasteiger partial charge in [0.05, 0.1) is 0 Å². The number of benzene rings is 2. The molecule has 2 rings (SSSR count). The zero-order chi connectivity index (χ0) is 15.9. The Labute approximate surface area is 141 Å². The van der Waals surface area contributed by atoms with E-state index in [-0.39, 0.29) is 12.4 Å². The van der Waals surface area contributed by atoms with Crippen LogP contribution in [0.25, 0.3) is 6.08 Å². The van der Waals surface area contributed by atoms with Gasteiger partial charge in [-0.2, -0.15) is 0 Å². The molecule has 2 aromatic rings. The van der Waals surface area contributed by atoms with Crippen molar-refractivity contribution in [3.05, 3.63) is 75.2 Å². The molecule has 3 nitrogen and oxygen atoms in total. The van der Waals surface area contributed by atoms with E-state index in [4.69, 9.17) is 16.3 Å². The number of rotatable bonds is 5. The summed E-state index contributed by atoms with van der Waals surface area (Å²) in [5.41, 5.74) is 1.20. The fourth-order valence-corrected chi connectivity index (χ4v) is 2.14. The number of carbonyl (C=O) groups excluding carboxylic acids is 2. The Morgan fingerprint density at radius 1 is 1.09 bits per heavy atom. The van der Waals surface area contributed by atoms with Gasteiger partial charge in [-0.15, -0.1) is 0 Å². The summed E-state index contributed by atoms with van der Waals surface area (Å²) in [6.45, 7) is -0.298. The Hall–Kier alpha value is -1.91. The number of ether oxygens (including phenoxy) is 1. The summed E-state index contributed by atoms with van der Waals surface area (Å²) in [6.07, 6.45) is 2.80. The summed E-state index contributed by atoms with van der Waals surface area (Å²) < 4.78 is 5.80. The van der Waals surface area contributed by atoms with Crippen molar-refractivity contribution in [2.75, 3.05) is 6.61 Å². The number of ketones is 1. The lowest BCUT2D eigenvalue weighted by atomic mass is 10.1. The van der Waals surface area contributed by atoms with Gasteiger partial charge in [-0.05, 0) is 29.8 Å². The molecule has 0 bridgehead atoms. The van der Waals surface area contributed by atoms with Crippen LogP contribution in [0.1, 0.15) is 15.9 Å². The standard InChI is InChI=1S/C17H12BrClO3/c18-14-8-5-13(6-9-14)16(20)11-22-17(21)10-7-12-3-1-2-4-15(12)19/h1-10H,11H2/b10-7+. The largest absolute Gasteiger partial charge is 0.454 e. The minimum atomic E-state index is -0.592. The van der Waals surface area contributed by atoms with Crippen LogP contribution in [0.15, 0.2) is 59.1 Å². The lowest BCUT2D eigenvalue weighted by Crippen LogP contribution is -2.12. The molecule has 0 saturated carbocycles. The molecule has 2 aromatic carbocycles. The van der Waals surface area contributed by atoms with Crippen LogP contribution >= 0.6 is 27.5 Å². The summed E-state index contributed by atoms with van der Waals surface area (Å²) in [4.78, 5) is 23.5. The van der Waals surface area contributed by atoms with Crippen molar-refractivity contribution >= 4 is 45.4 Å². The van der Waals surface area contributed by atoms with Crippen molar-refractivity contribution < 1.29 is 14.3 Å². The highest BCUT2D eigenvalue weighted by molar-refractivity contribution is 9.10. The Morgan fingerprint density at radius 2 is 1.77 bits per heavy atom. The molecule has 0 saturated heterocycles. The van der Waals surface area contributed by atoms with Gasteiger partial charge in [-0.25, -0.2) is 4.79 Å². The fraction of sp³-hybridized carbons (Fsp3) is 0.0588. The molecule has 0 aliphatic rings. The Bertz CT molecular complexity index is 708. The van der Waals surface area contributed by atoms with Crippen LogP contribution in [0.3, 0.4) is 0 Å². The first-order valence-corrected chi connectivity index (χ1v) is 7.61. The zero-order valence-corrected chi connectivity index (χ0v) is 13.8. The predicted octanol–water partition coefficient (Wildman–Crippen LogP) is 4.54. The molecule has 0 aliphatic carbocycles. The van der Waals surface area contributed by atoms with Crippen molar-refractivity contribution in [2.45, 2.75) is 0 Å². The molecule has 0 radical (unpaired) electrons. The summed E-state index contributed by atoms with van der Waals surface area (Å²) in [5.74, 6) is -0.850. The summed E-state index contributed by atoms with van der Waals surface area (Å²) in [6, 6.07) is 14.0. The van der Waals surface area contributed by atoms with E-state index < -0.39 is 5.97 Å². The van der Waals surface area contributed by atoms with E-state index in [2.05, 4.69) is 15.9 Å². The van der Waals surface area contributed by atoms with E-state index in [1.165, 1.54) is 6.08 Å². The molecule has 0 aliphatic heterocycles. The van der Waals surface area contributed by atoms with E-state index in [0.29, 0.717) is 16.1 Å². The number of carbonyl (C=O) groups is 2. The fourth-order valence-electron chi connectivity index (χ4n) is 1.67. The first kappa shape index (κ1) is 16.5. The maximum Gasteiger partial charge on any atom is 0.331 e. The highest BCUT2D eigenvalue weighted by Gasteiger charge is 2.08. The van der Waals surface area contributed by atoms with Crippen LogP contribution < -0.4 is 0 Å². The minimum Gasteiger partial charge on any atom is -0.454 e. The van der Waals surface area contributed by atoms with Crippen LogP contribution in [-0.2, 0) is 9.53 Å². The van der Waals surface area contributed by atoms with E-state index >= 15 is 0 Å². The molecule has 112 valence electrons. The third-order valence-corrected chi connectivity index (χ3v) is 3.69.